The summed E-state index contributed by atoms with van der Waals surface area (Å²) in [6.07, 6.45) is 8.30. The summed E-state index contributed by atoms with van der Waals surface area (Å²) < 4.78 is 0. The smallest absolute Gasteiger partial charge is 0.338 e. The molecule has 0 saturated carbocycles. The number of nitrogens with zero attached hydrogens (tertiary/aromatic N) is 2. The number of hydrogen-bond donors (Lipinski definition) is 2. The molecule has 0 aliphatic carbocycles. The van der Waals surface area contributed by atoms with Gasteiger partial charge in [-0.2, -0.15) is 0 Å². The van der Waals surface area contributed by atoms with Gasteiger partial charge in [0.2, 0.25) is 0 Å². The first-order valence-corrected chi connectivity index (χ1v) is 7.51. The van der Waals surface area contributed by atoms with E-state index in [9.17, 15) is 9.90 Å². The van der Waals surface area contributed by atoms with E-state index in [1.54, 1.807) is 24.8 Å². The zero-order valence-corrected chi connectivity index (χ0v) is 12.8. The molecule has 3 aromatic heterocycles. The second kappa shape index (κ2) is 6.44. The normalized spacial score (nSPS) is 10.7. The van der Waals surface area contributed by atoms with Crippen LogP contribution in [0.5, 0.6) is 0 Å². The Morgan fingerprint density at radius 3 is 2.00 bits per heavy atom. The van der Waals surface area contributed by atoms with E-state index in [0.29, 0.717) is 17.7 Å². The first-order chi connectivity index (χ1) is 11.2. The van der Waals surface area contributed by atoms with Crippen molar-refractivity contribution in [2.75, 3.05) is 0 Å². The minimum absolute atomic E-state index is 0.338. The molecular formula is C18H17N3O2. The van der Waals surface area contributed by atoms with Gasteiger partial charge in [-0.3, -0.25) is 9.97 Å². The van der Waals surface area contributed by atoms with Gasteiger partial charge in [-0.1, -0.05) is 13.3 Å². The maximum Gasteiger partial charge on any atom is 0.338 e. The highest BCUT2D eigenvalue weighted by atomic mass is 16.4. The summed E-state index contributed by atoms with van der Waals surface area (Å²) in [6, 6.07) is 7.38. The number of rotatable bonds is 5. The number of aromatic amines is 1. The van der Waals surface area contributed by atoms with Crippen LogP contribution in [0.3, 0.4) is 0 Å². The van der Waals surface area contributed by atoms with Crippen LogP contribution in [0.15, 0.2) is 49.1 Å². The van der Waals surface area contributed by atoms with E-state index in [-0.39, 0.29) is 0 Å². The highest BCUT2D eigenvalue weighted by Crippen LogP contribution is 2.34. The van der Waals surface area contributed by atoms with Crippen molar-refractivity contribution in [3.8, 4) is 22.5 Å². The fourth-order valence-corrected chi connectivity index (χ4v) is 2.77. The third-order valence-electron chi connectivity index (χ3n) is 3.76. The number of H-pyrrole nitrogens is 1. The number of carbonyl (C=O) groups is 1. The Labute approximate surface area is 134 Å². The Morgan fingerprint density at radius 2 is 1.52 bits per heavy atom. The Hall–Kier alpha value is -2.95. The van der Waals surface area contributed by atoms with Gasteiger partial charge in [0.25, 0.3) is 0 Å². The van der Waals surface area contributed by atoms with E-state index in [2.05, 4.69) is 15.0 Å². The van der Waals surface area contributed by atoms with E-state index < -0.39 is 5.97 Å². The molecule has 0 atom stereocenters. The monoisotopic (exact) mass is 307 g/mol. The number of nitrogens with one attached hydrogen (secondary N) is 1. The van der Waals surface area contributed by atoms with Crippen molar-refractivity contribution in [1.82, 2.24) is 15.0 Å². The molecule has 3 rings (SSSR count). The van der Waals surface area contributed by atoms with Gasteiger partial charge in [-0.05, 0) is 36.2 Å². The van der Waals surface area contributed by atoms with E-state index in [1.807, 2.05) is 31.2 Å². The summed E-state index contributed by atoms with van der Waals surface area (Å²) in [7, 11) is 0. The Morgan fingerprint density at radius 1 is 1.00 bits per heavy atom. The number of pyridine rings is 2. The fourth-order valence-electron chi connectivity index (χ4n) is 2.77. The van der Waals surface area contributed by atoms with Crippen LogP contribution in [-0.4, -0.2) is 26.0 Å². The Kier molecular flexibility index (Phi) is 4.19. The van der Waals surface area contributed by atoms with Crippen LogP contribution < -0.4 is 0 Å². The number of aromatic nitrogens is 3. The SMILES string of the molecule is CCCc1c(-c2ccncc2)[nH]c(-c2ccncc2)c1C(=O)O. The minimum Gasteiger partial charge on any atom is -0.478 e. The minimum atomic E-state index is -0.920. The zero-order chi connectivity index (χ0) is 16.2. The molecule has 23 heavy (non-hydrogen) atoms. The molecular weight excluding hydrogens is 290 g/mol. The van der Waals surface area contributed by atoms with Crippen LogP contribution in [0.25, 0.3) is 22.5 Å². The third-order valence-corrected chi connectivity index (χ3v) is 3.76. The summed E-state index contributed by atoms with van der Waals surface area (Å²) in [5.74, 6) is -0.920. The van der Waals surface area contributed by atoms with Gasteiger partial charge < -0.3 is 10.1 Å². The second-order valence-electron chi connectivity index (χ2n) is 5.26. The maximum atomic E-state index is 11.9. The molecule has 0 spiro atoms. The second-order valence-corrected chi connectivity index (χ2v) is 5.26. The lowest BCUT2D eigenvalue weighted by atomic mass is 9.99. The number of carboxylic acids is 1. The van der Waals surface area contributed by atoms with E-state index in [1.165, 1.54) is 0 Å². The molecule has 0 aliphatic rings. The van der Waals surface area contributed by atoms with Crippen LogP contribution in [-0.2, 0) is 6.42 Å². The van der Waals surface area contributed by atoms with Gasteiger partial charge in [0.1, 0.15) is 0 Å². The average molecular weight is 307 g/mol. The van der Waals surface area contributed by atoms with Gasteiger partial charge in [-0.15, -0.1) is 0 Å². The van der Waals surface area contributed by atoms with Crippen molar-refractivity contribution in [2.24, 2.45) is 0 Å². The topological polar surface area (TPSA) is 78.9 Å². The summed E-state index contributed by atoms with van der Waals surface area (Å²) in [6.45, 7) is 2.04. The third kappa shape index (κ3) is 2.85. The lowest BCUT2D eigenvalue weighted by molar-refractivity contribution is 0.0697. The molecule has 5 nitrogen and oxygen atoms in total. The van der Waals surface area contributed by atoms with Gasteiger partial charge in [0, 0.05) is 35.9 Å². The van der Waals surface area contributed by atoms with Crippen molar-refractivity contribution in [3.63, 3.8) is 0 Å². The molecule has 5 heteroatoms. The predicted octanol–water partition coefficient (Wildman–Crippen LogP) is 3.79. The van der Waals surface area contributed by atoms with Crippen molar-refractivity contribution < 1.29 is 9.90 Å². The maximum absolute atomic E-state index is 11.9. The van der Waals surface area contributed by atoms with Crippen molar-refractivity contribution in [2.45, 2.75) is 19.8 Å². The van der Waals surface area contributed by atoms with Crippen LogP contribution in [0, 0.1) is 0 Å². The summed E-state index contributed by atoms with van der Waals surface area (Å²) in [4.78, 5) is 23.2. The average Bonchev–Trinajstić information content (AvgIpc) is 2.96. The Bertz CT molecular complexity index is 811. The van der Waals surface area contributed by atoms with Gasteiger partial charge >= 0.3 is 5.97 Å². The standard InChI is InChI=1S/C18H17N3O2/c1-2-3-14-15(18(22)23)17(13-6-10-20-11-7-13)21-16(14)12-4-8-19-9-5-12/h4-11,21H,2-3H2,1H3,(H,22,23). The number of aromatic carboxylic acids is 1. The van der Waals surface area contributed by atoms with Crippen LogP contribution >= 0.6 is 0 Å². The lowest BCUT2D eigenvalue weighted by Gasteiger charge is -2.04. The predicted molar refractivity (Wildman–Crippen MR) is 88.2 cm³/mol. The molecule has 2 N–H and O–H groups in total. The number of carboxylic acid groups (broad SMARTS) is 1. The summed E-state index contributed by atoms with van der Waals surface area (Å²) >= 11 is 0. The molecule has 0 saturated heterocycles. The lowest BCUT2D eigenvalue weighted by Crippen LogP contribution is -2.02. The highest BCUT2D eigenvalue weighted by Gasteiger charge is 2.23. The molecule has 0 aromatic carbocycles. The number of hydrogen-bond acceptors (Lipinski definition) is 3. The molecule has 116 valence electrons. The molecule has 0 bridgehead atoms. The molecule has 0 aliphatic heterocycles. The Balaban J connectivity index is 2.27. The van der Waals surface area contributed by atoms with Crippen molar-refractivity contribution in [1.29, 1.82) is 0 Å². The van der Waals surface area contributed by atoms with Crippen molar-refractivity contribution >= 4 is 5.97 Å². The molecule has 0 unspecified atom stereocenters. The van der Waals surface area contributed by atoms with Gasteiger partial charge in [0.15, 0.2) is 0 Å². The first kappa shape index (κ1) is 15.0. The quantitative estimate of drug-likeness (QED) is 0.751. The fraction of sp³-hybridized carbons (Fsp3) is 0.167. The van der Waals surface area contributed by atoms with Crippen LogP contribution in [0.4, 0.5) is 0 Å². The zero-order valence-electron chi connectivity index (χ0n) is 12.8. The molecule has 0 fully saturated rings. The highest BCUT2D eigenvalue weighted by molar-refractivity contribution is 5.99. The first-order valence-electron chi connectivity index (χ1n) is 7.51. The molecule has 3 heterocycles. The van der Waals surface area contributed by atoms with E-state index >= 15 is 0 Å². The van der Waals surface area contributed by atoms with E-state index in [0.717, 1.165) is 28.8 Å². The largest absolute Gasteiger partial charge is 0.478 e. The van der Waals surface area contributed by atoms with Gasteiger partial charge in [0.05, 0.1) is 17.0 Å². The van der Waals surface area contributed by atoms with Crippen LogP contribution in [0.1, 0.15) is 29.3 Å². The van der Waals surface area contributed by atoms with E-state index in [4.69, 9.17) is 0 Å². The van der Waals surface area contributed by atoms with Gasteiger partial charge in [-0.25, -0.2) is 4.79 Å². The molecule has 0 radical (unpaired) electrons. The summed E-state index contributed by atoms with van der Waals surface area (Å²) in [5, 5.41) is 9.75. The molecule has 0 amide bonds. The van der Waals surface area contributed by atoms with Crippen molar-refractivity contribution in [3.05, 3.63) is 60.2 Å². The summed E-state index contributed by atoms with van der Waals surface area (Å²) in [5.41, 5.74) is 4.39. The molecule has 3 aromatic rings. The van der Waals surface area contributed by atoms with Crippen LogP contribution in [0.2, 0.25) is 0 Å².